The lowest BCUT2D eigenvalue weighted by Gasteiger charge is -2.49. The molecule has 162 valence electrons. The van der Waals surface area contributed by atoms with Crippen molar-refractivity contribution in [3.8, 4) is 0 Å². The summed E-state index contributed by atoms with van der Waals surface area (Å²) in [5.74, 6) is -1.08. The first kappa shape index (κ1) is 22.5. The fourth-order valence-electron chi connectivity index (χ4n) is 4.61. The third-order valence-corrected chi connectivity index (χ3v) is 8.77. The number of aryl methyl sites for hydroxylation is 1. The van der Waals surface area contributed by atoms with Gasteiger partial charge < -0.3 is 5.11 Å². The topological polar surface area (TPSA) is 74.7 Å². The van der Waals surface area contributed by atoms with Crippen LogP contribution in [0.3, 0.4) is 0 Å². The lowest BCUT2D eigenvalue weighted by Crippen LogP contribution is -2.64. The van der Waals surface area contributed by atoms with E-state index in [0.29, 0.717) is 19.5 Å². The Bertz CT molecular complexity index is 972. The maximum atomic E-state index is 13.9. The second kappa shape index (κ2) is 8.90. The van der Waals surface area contributed by atoms with Gasteiger partial charge in [-0.1, -0.05) is 68.3 Å². The second-order valence-corrected chi connectivity index (χ2v) is 10.6. The lowest BCUT2D eigenvalue weighted by molar-refractivity contribution is -0.145. The Kier molecular flexibility index (Phi) is 6.68. The molecule has 0 spiro atoms. The van der Waals surface area contributed by atoms with Crippen molar-refractivity contribution in [2.24, 2.45) is 0 Å². The monoisotopic (exact) mass is 429 g/mol. The van der Waals surface area contributed by atoms with Crippen molar-refractivity contribution in [2.75, 3.05) is 13.1 Å². The highest BCUT2D eigenvalue weighted by Gasteiger charge is 2.56. The average Bonchev–Trinajstić information content (AvgIpc) is 2.73. The van der Waals surface area contributed by atoms with Gasteiger partial charge in [-0.3, -0.25) is 9.69 Å². The highest BCUT2D eigenvalue weighted by Crippen LogP contribution is 2.44. The van der Waals surface area contributed by atoms with Gasteiger partial charge in [0.15, 0.2) is 9.84 Å². The molecule has 1 aliphatic heterocycles. The van der Waals surface area contributed by atoms with Crippen LogP contribution in [0.4, 0.5) is 0 Å². The predicted octanol–water partition coefficient (Wildman–Crippen LogP) is 4.05. The third kappa shape index (κ3) is 4.16. The molecule has 0 bridgehead atoms. The number of carbonyl (C=O) groups is 1. The predicted molar refractivity (Wildman–Crippen MR) is 118 cm³/mol. The van der Waals surface area contributed by atoms with Crippen LogP contribution in [0.25, 0.3) is 0 Å². The van der Waals surface area contributed by atoms with Crippen LogP contribution in [0, 0.1) is 6.92 Å². The van der Waals surface area contributed by atoms with E-state index in [-0.39, 0.29) is 4.90 Å². The van der Waals surface area contributed by atoms with E-state index in [1.807, 2.05) is 56.0 Å². The van der Waals surface area contributed by atoms with E-state index in [0.717, 1.165) is 24.0 Å². The molecule has 2 aromatic carbocycles. The molecule has 0 aromatic heterocycles. The summed E-state index contributed by atoms with van der Waals surface area (Å²) >= 11 is 0. The van der Waals surface area contributed by atoms with Gasteiger partial charge >= 0.3 is 5.97 Å². The Morgan fingerprint density at radius 1 is 1.13 bits per heavy atom. The summed E-state index contributed by atoms with van der Waals surface area (Å²) in [7, 11) is -3.91. The van der Waals surface area contributed by atoms with Crippen LogP contribution in [-0.4, -0.2) is 48.8 Å². The summed E-state index contributed by atoms with van der Waals surface area (Å²) in [6.45, 7) is 7.00. The van der Waals surface area contributed by atoms with Crippen molar-refractivity contribution < 1.29 is 18.3 Å². The van der Waals surface area contributed by atoms with E-state index >= 15 is 0 Å². The molecular formula is C24H31NO4S. The molecule has 3 atom stereocenters. The number of aliphatic carboxylic acids is 1. The minimum atomic E-state index is -3.91. The molecule has 0 amide bonds. The van der Waals surface area contributed by atoms with Crippen molar-refractivity contribution in [1.82, 2.24) is 4.90 Å². The van der Waals surface area contributed by atoms with E-state index in [4.69, 9.17) is 0 Å². The Balaban J connectivity index is 2.19. The summed E-state index contributed by atoms with van der Waals surface area (Å²) in [6.07, 6.45) is 2.34. The molecule has 0 saturated carbocycles. The van der Waals surface area contributed by atoms with Crippen LogP contribution in [0.1, 0.15) is 44.2 Å². The number of rotatable bonds is 7. The Morgan fingerprint density at radius 3 is 2.33 bits per heavy atom. The number of carboxylic acids is 1. The molecule has 1 N–H and O–H groups in total. The summed E-state index contributed by atoms with van der Waals surface area (Å²) in [4.78, 5) is 14.5. The molecule has 3 rings (SSSR count). The Labute approximate surface area is 179 Å². The number of nitrogens with zero attached hydrogens (tertiary/aromatic N) is 1. The van der Waals surface area contributed by atoms with Gasteiger partial charge in [0.25, 0.3) is 0 Å². The van der Waals surface area contributed by atoms with E-state index in [9.17, 15) is 18.3 Å². The number of benzene rings is 2. The maximum Gasteiger partial charge on any atom is 0.322 e. The van der Waals surface area contributed by atoms with E-state index < -0.39 is 32.5 Å². The zero-order valence-corrected chi connectivity index (χ0v) is 18.7. The lowest BCUT2D eigenvalue weighted by atomic mass is 9.71. The highest BCUT2D eigenvalue weighted by molar-refractivity contribution is 7.92. The number of sulfone groups is 1. The molecular weight excluding hydrogens is 398 g/mol. The van der Waals surface area contributed by atoms with Crippen LogP contribution in [0.5, 0.6) is 0 Å². The molecule has 0 aliphatic carbocycles. The van der Waals surface area contributed by atoms with Crippen molar-refractivity contribution in [3.63, 3.8) is 0 Å². The van der Waals surface area contributed by atoms with Crippen LogP contribution in [0.15, 0.2) is 59.5 Å². The zero-order chi connectivity index (χ0) is 21.9. The molecule has 1 saturated heterocycles. The molecule has 0 radical (unpaired) electrons. The van der Waals surface area contributed by atoms with Gasteiger partial charge in [0.1, 0.15) is 11.3 Å². The van der Waals surface area contributed by atoms with Gasteiger partial charge in [-0.05, 0) is 50.6 Å². The normalized spacial score (nSPS) is 25.2. The quantitative estimate of drug-likeness (QED) is 0.719. The largest absolute Gasteiger partial charge is 0.480 e. The molecule has 2 aromatic rings. The molecule has 1 aliphatic rings. The van der Waals surface area contributed by atoms with Gasteiger partial charge in [-0.25, -0.2) is 8.42 Å². The van der Waals surface area contributed by atoms with E-state index in [2.05, 4.69) is 0 Å². The van der Waals surface area contributed by atoms with Crippen molar-refractivity contribution in [3.05, 3.63) is 65.7 Å². The van der Waals surface area contributed by atoms with Gasteiger partial charge in [0.05, 0.1) is 4.90 Å². The summed E-state index contributed by atoms with van der Waals surface area (Å²) in [6, 6.07) is 15.1. The standard InChI is InChI=1S/C24H31NO4S/c1-4-5-16-25-17-15-24(3,19-9-7-6-8-10-19)22(21(25)23(26)27)30(28,29)20-13-11-18(2)12-14-20/h6-14,21-22H,4-5,15-17H2,1-3H3,(H,26,27). The first-order chi connectivity index (χ1) is 14.2. The highest BCUT2D eigenvalue weighted by atomic mass is 32.2. The average molecular weight is 430 g/mol. The number of hydrogen-bond donors (Lipinski definition) is 1. The van der Waals surface area contributed by atoms with Crippen molar-refractivity contribution >= 4 is 15.8 Å². The van der Waals surface area contributed by atoms with Crippen molar-refractivity contribution in [1.29, 1.82) is 0 Å². The van der Waals surface area contributed by atoms with E-state index in [1.165, 1.54) is 0 Å². The maximum absolute atomic E-state index is 13.9. The minimum Gasteiger partial charge on any atom is -0.480 e. The van der Waals surface area contributed by atoms with Gasteiger partial charge in [-0.15, -0.1) is 0 Å². The first-order valence-corrected chi connectivity index (χ1v) is 12.1. The Hall–Kier alpha value is -2.18. The van der Waals surface area contributed by atoms with Gasteiger partial charge in [-0.2, -0.15) is 0 Å². The van der Waals surface area contributed by atoms with E-state index in [1.54, 1.807) is 24.3 Å². The number of hydrogen-bond acceptors (Lipinski definition) is 4. The molecule has 1 heterocycles. The van der Waals surface area contributed by atoms with Crippen LogP contribution < -0.4 is 0 Å². The fourth-order valence-corrected chi connectivity index (χ4v) is 6.98. The minimum absolute atomic E-state index is 0.184. The van der Waals surface area contributed by atoms with Crippen LogP contribution >= 0.6 is 0 Å². The molecule has 6 heteroatoms. The molecule has 3 unspecified atom stereocenters. The molecule has 5 nitrogen and oxygen atoms in total. The zero-order valence-electron chi connectivity index (χ0n) is 17.9. The number of piperidine rings is 1. The number of unbranched alkanes of at least 4 members (excludes halogenated alkanes) is 1. The molecule has 30 heavy (non-hydrogen) atoms. The summed E-state index contributed by atoms with van der Waals surface area (Å²) in [5, 5.41) is 9.12. The number of likely N-dealkylation sites (tertiary alicyclic amines) is 1. The fraction of sp³-hybridized carbons (Fsp3) is 0.458. The van der Waals surface area contributed by atoms with Crippen molar-refractivity contribution in [2.45, 2.75) is 61.6 Å². The van der Waals surface area contributed by atoms with Crippen LogP contribution in [-0.2, 0) is 20.0 Å². The summed E-state index contributed by atoms with van der Waals surface area (Å²) in [5.41, 5.74) is 1.02. The van der Waals surface area contributed by atoms with Gasteiger partial charge in [0, 0.05) is 5.41 Å². The second-order valence-electron chi connectivity index (χ2n) is 8.48. The Morgan fingerprint density at radius 2 is 1.77 bits per heavy atom. The summed E-state index contributed by atoms with van der Waals surface area (Å²) < 4.78 is 27.9. The smallest absolute Gasteiger partial charge is 0.322 e. The van der Waals surface area contributed by atoms with Crippen LogP contribution in [0.2, 0.25) is 0 Å². The SMILES string of the molecule is CCCCN1CCC(C)(c2ccccc2)C(S(=O)(=O)c2ccc(C)cc2)C1C(=O)O. The molecule has 1 fully saturated rings. The first-order valence-electron chi connectivity index (χ1n) is 10.5. The van der Waals surface area contributed by atoms with Gasteiger partial charge in [0.2, 0.25) is 0 Å². The third-order valence-electron chi connectivity index (χ3n) is 6.40. The number of carboxylic acid groups (broad SMARTS) is 1.